The average Bonchev–Trinajstić information content (AvgIpc) is 2.48. The van der Waals surface area contributed by atoms with E-state index < -0.39 is 0 Å². The van der Waals surface area contributed by atoms with Gasteiger partial charge < -0.3 is 10.2 Å². The number of piperidine rings is 1. The van der Waals surface area contributed by atoms with Crippen LogP contribution in [-0.2, 0) is 11.3 Å². The van der Waals surface area contributed by atoms with Crippen LogP contribution in [0.5, 0.6) is 0 Å². The Balaban J connectivity index is 0.00000220. The van der Waals surface area contributed by atoms with Gasteiger partial charge in [0.15, 0.2) is 0 Å². The molecular formula is C16H26ClN3O. The minimum Gasteiger partial charge on any atom is -0.340 e. The Kier molecular flexibility index (Phi) is 7.72. The van der Waals surface area contributed by atoms with Crippen LogP contribution in [0.3, 0.4) is 0 Å². The highest BCUT2D eigenvalue weighted by molar-refractivity contribution is 5.85. The number of carbonyl (C=O) groups excluding carboxylic acids is 1. The van der Waals surface area contributed by atoms with Gasteiger partial charge in [0, 0.05) is 26.2 Å². The molecule has 1 amide bonds. The summed E-state index contributed by atoms with van der Waals surface area (Å²) >= 11 is 0. The van der Waals surface area contributed by atoms with E-state index in [0.717, 1.165) is 13.1 Å². The fourth-order valence-electron chi connectivity index (χ4n) is 2.69. The summed E-state index contributed by atoms with van der Waals surface area (Å²) < 4.78 is 0. The molecule has 5 heteroatoms. The van der Waals surface area contributed by atoms with Gasteiger partial charge in [-0.05, 0) is 32.0 Å². The van der Waals surface area contributed by atoms with Gasteiger partial charge in [-0.25, -0.2) is 0 Å². The monoisotopic (exact) mass is 311 g/mol. The number of halogens is 1. The van der Waals surface area contributed by atoms with E-state index in [1.807, 2.05) is 37.2 Å². The van der Waals surface area contributed by atoms with Gasteiger partial charge in [-0.1, -0.05) is 30.3 Å². The van der Waals surface area contributed by atoms with E-state index in [1.54, 1.807) is 0 Å². The second-order valence-electron chi connectivity index (χ2n) is 5.60. The third-order valence-corrected chi connectivity index (χ3v) is 3.96. The molecule has 1 aliphatic heterocycles. The number of benzene rings is 1. The summed E-state index contributed by atoms with van der Waals surface area (Å²) in [6.07, 6.45) is 2.38. The van der Waals surface area contributed by atoms with Crippen LogP contribution in [-0.4, -0.2) is 55.5 Å². The summed E-state index contributed by atoms with van der Waals surface area (Å²) in [5.74, 6) is 0.200. The van der Waals surface area contributed by atoms with Crippen molar-refractivity contribution in [2.75, 3.05) is 33.7 Å². The number of nitrogens with zero attached hydrogens (tertiary/aromatic N) is 2. The molecule has 1 unspecified atom stereocenters. The molecule has 0 aromatic heterocycles. The molecule has 1 N–H and O–H groups in total. The molecule has 0 spiro atoms. The van der Waals surface area contributed by atoms with Gasteiger partial charge in [-0.2, -0.15) is 0 Å². The quantitative estimate of drug-likeness (QED) is 0.900. The first-order chi connectivity index (χ1) is 9.69. The number of rotatable bonds is 5. The molecule has 1 aromatic carbocycles. The average molecular weight is 312 g/mol. The number of likely N-dealkylation sites (N-methyl/N-ethyl adjacent to an activating group) is 2. The minimum atomic E-state index is 0. The van der Waals surface area contributed by atoms with E-state index in [2.05, 4.69) is 22.3 Å². The zero-order valence-corrected chi connectivity index (χ0v) is 13.7. The molecule has 1 saturated heterocycles. The Morgan fingerprint density at radius 2 is 2.10 bits per heavy atom. The van der Waals surface area contributed by atoms with Crippen molar-refractivity contribution in [3.8, 4) is 0 Å². The topological polar surface area (TPSA) is 35.6 Å². The van der Waals surface area contributed by atoms with Crippen molar-refractivity contribution in [2.24, 2.45) is 0 Å². The summed E-state index contributed by atoms with van der Waals surface area (Å²) in [4.78, 5) is 16.4. The summed E-state index contributed by atoms with van der Waals surface area (Å²) in [6.45, 7) is 3.22. The van der Waals surface area contributed by atoms with E-state index >= 15 is 0 Å². The van der Waals surface area contributed by atoms with Gasteiger partial charge >= 0.3 is 0 Å². The lowest BCUT2D eigenvalue weighted by atomic mass is 10.1. The lowest BCUT2D eigenvalue weighted by Crippen LogP contribution is -2.48. The first-order valence-electron chi connectivity index (χ1n) is 7.36. The molecule has 1 atom stereocenters. The summed E-state index contributed by atoms with van der Waals surface area (Å²) in [5.41, 5.74) is 1.18. The van der Waals surface area contributed by atoms with Crippen molar-refractivity contribution in [1.82, 2.24) is 15.1 Å². The van der Waals surface area contributed by atoms with Crippen LogP contribution in [0.4, 0.5) is 0 Å². The largest absolute Gasteiger partial charge is 0.340 e. The number of hydrogen-bond acceptors (Lipinski definition) is 3. The maximum Gasteiger partial charge on any atom is 0.236 e. The van der Waals surface area contributed by atoms with Crippen molar-refractivity contribution in [1.29, 1.82) is 0 Å². The number of hydrogen-bond donors (Lipinski definition) is 1. The number of amides is 1. The molecule has 0 saturated carbocycles. The molecule has 1 aliphatic rings. The Labute approximate surface area is 133 Å². The smallest absolute Gasteiger partial charge is 0.236 e. The second-order valence-corrected chi connectivity index (χ2v) is 5.60. The van der Waals surface area contributed by atoms with E-state index in [4.69, 9.17) is 0 Å². The van der Waals surface area contributed by atoms with E-state index in [9.17, 15) is 4.79 Å². The zero-order chi connectivity index (χ0) is 14.4. The van der Waals surface area contributed by atoms with Gasteiger partial charge in [-0.3, -0.25) is 9.69 Å². The summed E-state index contributed by atoms with van der Waals surface area (Å²) in [7, 11) is 3.88. The molecule has 0 bridgehead atoms. The fourth-order valence-corrected chi connectivity index (χ4v) is 2.69. The minimum absolute atomic E-state index is 0. The highest BCUT2D eigenvalue weighted by Crippen LogP contribution is 2.10. The maximum absolute atomic E-state index is 12.3. The molecule has 2 rings (SSSR count). The van der Waals surface area contributed by atoms with Crippen LogP contribution in [0.25, 0.3) is 0 Å². The van der Waals surface area contributed by atoms with E-state index in [0.29, 0.717) is 19.1 Å². The van der Waals surface area contributed by atoms with Crippen LogP contribution in [0.15, 0.2) is 30.3 Å². The molecule has 1 aromatic rings. The van der Waals surface area contributed by atoms with Crippen LogP contribution in [0.1, 0.15) is 18.4 Å². The molecule has 0 aliphatic carbocycles. The Morgan fingerprint density at radius 3 is 2.76 bits per heavy atom. The molecule has 1 heterocycles. The van der Waals surface area contributed by atoms with Gasteiger partial charge in [0.05, 0.1) is 6.54 Å². The Bertz CT molecular complexity index is 427. The number of nitrogens with one attached hydrogen (secondary N) is 1. The number of carbonyl (C=O) groups is 1. The van der Waals surface area contributed by atoms with Crippen molar-refractivity contribution < 1.29 is 4.79 Å². The predicted octanol–water partition coefficient (Wildman–Crippen LogP) is 1.75. The second kappa shape index (κ2) is 9.03. The van der Waals surface area contributed by atoms with E-state index in [-0.39, 0.29) is 18.3 Å². The van der Waals surface area contributed by atoms with Crippen LogP contribution in [0.2, 0.25) is 0 Å². The normalized spacial score (nSPS) is 18.9. The van der Waals surface area contributed by atoms with Crippen molar-refractivity contribution in [2.45, 2.75) is 25.4 Å². The highest BCUT2D eigenvalue weighted by atomic mass is 35.5. The van der Waals surface area contributed by atoms with Crippen molar-refractivity contribution in [3.05, 3.63) is 35.9 Å². The van der Waals surface area contributed by atoms with Gasteiger partial charge in [0.25, 0.3) is 0 Å². The molecule has 1 fully saturated rings. The lowest BCUT2D eigenvalue weighted by Gasteiger charge is -2.33. The highest BCUT2D eigenvalue weighted by Gasteiger charge is 2.21. The third kappa shape index (κ3) is 5.65. The molecule has 21 heavy (non-hydrogen) atoms. The fraction of sp³-hybridized carbons (Fsp3) is 0.562. The first kappa shape index (κ1) is 18.0. The van der Waals surface area contributed by atoms with Gasteiger partial charge in [-0.15, -0.1) is 12.4 Å². The molecular weight excluding hydrogens is 286 g/mol. The third-order valence-electron chi connectivity index (χ3n) is 3.96. The Hall–Kier alpha value is -1.10. The maximum atomic E-state index is 12.3. The molecule has 4 nitrogen and oxygen atoms in total. The summed E-state index contributed by atoms with van der Waals surface area (Å²) in [5, 5.41) is 3.31. The van der Waals surface area contributed by atoms with Crippen LogP contribution in [0, 0.1) is 0 Å². The van der Waals surface area contributed by atoms with Crippen molar-refractivity contribution in [3.63, 3.8) is 0 Å². The van der Waals surface area contributed by atoms with Gasteiger partial charge in [0.1, 0.15) is 0 Å². The molecule has 0 radical (unpaired) electrons. The summed E-state index contributed by atoms with van der Waals surface area (Å²) in [6, 6.07) is 10.7. The SMILES string of the molecule is CNC1CCCN(CC(=O)N(C)Cc2ccccc2)C1.Cl. The predicted molar refractivity (Wildman–Crippen MR) is 88.7 cm³/mol. The lowest BCUT2D eigenvalue weighted by molar-refractivity contribution is -0.132. The number of likely N-dealkylation sites (tertiary alicyclic amines) is 1. The van der Waals surface area contributed by atoms with Crippen molar-refractivity contribution >= 4 is 18.3 Å². The standard InChI is InChI=1S/C16H25N3O.ClH/c1-17-15-9-6-10-19(12-15)13-16(20)18(2)11-14-7-4-3-5-8-14;/h3-5,7-8,15,17H,6,9-13H2,1-2H3;1H. The zero-order valence-electron chi connectivity index (χ0n) is 12.9. The van der Waals surface area contributed by atoms with Crippen LogP contribution >= 0.6 is 12.4 Å². The van der Waals surface area contributed by atoms with E-state index in [1.165, 1.54) is 18.4 Å². The molecule has 118 valence electrons. The van der Waals surface area contributed by atoms with Crippen LogP contribution < -0.4 is 5.32 Å². The Morgan fingerprint density at radius 1 is 1.38 bits per heavy atom. The first-order valence-corrected chi connectivity index (χ1v) is 7.36. The van der Waals surface area contributed by atoms with Gasteiger partial charge in [0.2, 0.25) is 5.91 Å².